The summed E-state index contributed by atoms with van der Waals surface area (Å²) < 4.78 is 0. The summed E-state index contributed by atoms with van der Waals surface area (Å²) in [6.45, 7) is 8.32. The van der Waals surface area contributed by atoms with Crippen molar-refractivity contribution in [1.82, 2.24) is 4.90 Å². The molecule has 0 aromatic rings. The molecular weight excluding hydrogens is 246 g/mol. The minimum absolute atomic E-state index is 0.106. The summed E-state index contributed by atoms with van der Waals surface area (Å²) in [5.41, 5.74) is 0.423. The molecule has 0 radical (unpaired) electrons. The van der Waals surface area contributed by atoms with Crippen molar-refractivity contribution in [3.8, 4) is 0 Å². The fraction of sp³-hybridized carbons (Fsp3) is 1.00. The summed E-state index contributed by atoms with van der Waals surface area (Å²) in [6.07, 6.45) is 10.1. The summed E-state index contributed by atoms with van der Waals surface area (Å²) in [7, 11) is 2.24. The van der Waals surface area contributed by atoms with Crippen molar-refractivity contribution in [2.75, 3.05) is 13.6 Å². The van der Waals surface area contributed by atoms with Crippen LogP contribution in [0.15, 0.2) is 0 Å². The number of aliphatic hydroxyl groups excluding tert-OH is 1. The lowest BCUT2D eigenvalue weighted by molar-refractivity contribution is -0.0159. The van der Waals surface area contributed by atoms with Crippen LogP contribution < -0.4 is 0 Å². The Morgan fingerprint density at radius 3 is 2.35 bits per heavy atom. The van der Waals surface area contributed by atoms with E-state index in [0.717, 1.165) is 18.3 Å². The molecule has 0 aromatic carbocycles. The average molecular weight is 281 g/mol. The lowest BCUT2D eigenvalue weighted by Gasteiger charge is -2.45. The van der Waals surface area contributed by atoms with Gasteiger partial charge in [-0.25, -0.2) is 0 Å². The summed E-state index contributed by atoms with van der Waals surface area (Å²) in [5.74, 6) is 1.65. The molecule has 0 aromatic heterocycles. The molecule has 2 saturated carbocycles. The van der Waals surface area contributed by atoms with E-state index in [-0.39, 0.29) is 6.10 Å². The highest BCUT2D eigenvalue weighted by molar-refractivity contribution is 4.91. The van der Waals surface area contributed by atoms with Crippen molar-refractivity contribution < 1.29 is 5.11 Å². The van der Waals surface area contributed by atoms with Gasteiger partial charge in [0.05, 0.1) is 6.10 Å². The largest absolute Gasteiger partial charge is 0.391 e. The Balaban J connectivity index is 1.93. The van der Waals surface area contributed by atoms with Crippen LogP contribution in [0, 0.1) is 17.3 Å². The van der Waals surface area contributed by atoms with Gasteiger partial charge in [-0.3, -0.25) is 0 Å². The second kappa shape index (κ2) is 6.79. The number of aliphatic hydroxyl groups is 1. The SMILES string of the molecule is CCC(C)(C)C1CCC(O)C(N(C)CC2CCCC2)C1. The molecule has 118 valence electrons. The Kier molecular flexibility index (Phi) is 5.53. The normalized spacial score (nSPS) is 33.0. The van der Waals surface area contributed by atoms with Gasteiger partial charge in [0.15, 0.2) is 0 Å². The molecule has 0 amide bonds. The molecule has 2 aliphatic carbocycles. The molecule has 0 saturated heterocycles. The van der Waals surface area contributed by atoms with Gasteiger partial charge >= 0.3 is 0 Å². The highest BCUT2D eigenvalue weighted by Crippen LogP contribution is 2.42. The fourth-order valence-corrected chi connectivity index (χ4v) is 4.34. The number of hydrogen-bond donors (Lipinski definition) is 1. The van der Waals surface area contributed by atoms with Crippen LogP contribution in [0.25, 0.3) is 0 Å². The van der Waals surface area contributed by atoms with Gasteiger partial charge in [0, 0.05) is 12.6 Å². The molecule has 0 heterocycles. The van der Waals surface area contributed by atoms with Crippen molar-refractivity contribution in [2.24, 2.45) is 17.3 Å². The monoisotopic (exact) mass is 281 g/mol. The summed E-state index contributed by atoms with van der Waals surface area (Å²) in [5, 5.41) is 10.4. The molecule has 2 rings (SSSR count). The Hall–Kier alpha value is -0.0800. The number of nitrogens with zero attached hydrogens (tertiary/aromatic N) is 1. The zero-order valence-electron chi connectivity index (χ0n) is 14.1. The number of hydrogen-bond acceptors (Lipinski definition) is 2. The second-order valence-electron chi connectivity index (χ2n) is 8.08. The first-order valence-corrected chi connectivity index (χ1v) is 8.82. The van der Waals surface area contributed by atoms with Crippen LogP contribution in [-0.4, -0.2) is 35.7 Å². The van der Waals surface area contributed by atoms with Gasteiger partial charge in [0.1, 0.15) is 0 Å². The zero-order valence-corrected chi connectivity index (χ0v) is 14.1. The second-order valence-corrected chi connectivity index (χ2v) is 8.08. The first-order chi connectivity index (χ1) is 9.44. The van der Waals surface area contributed by atoms with Crippen molar-refractivity contribution >= 4 is 0 Å². The first kappa shape index (κ1) is 16.3. The van der Waals surface area contributed by atoms with Gasteiger partial charge in [-0.1, -0.05) is 40.0 Å². The molecular formula is C18H35NO. The van der Waals surface area contributed by atoms with Crippen LogP contribution in [0.2, 0.25) is 0 Å². The third-order valence-electron chi connectivity index (χ3n) is 6.38. The van der Waals surface area contributed by atoms with Crippen molar-refractivity contribution in [1.29, 1.82) is 0 Å². The lowest BCUT2D eigenvalue weighted by Crippen LogP contribution is -2.48. The molecule has 20 heavy (non-hydrogen) atoms. The van der Waals surface area contributed by atoms with Crippen LogP contribution in [0.5, 0.6) is 0 Å². The fourth-order valence-electron chi connectivity index (χ4n) is 4.34. The maximum atomic E-state index is 10.4. The van der Waals surface area contributed by atoms with Gasteiger partial charge in [0.2, 0.25) is 0 Å². The Labute approximate surface area is 125 Å². The van der Waals surface area contributed by atoms with Gasteiger partial charge in [-0.05, 0) is 56.4 Å². The Morgan fingerprint density at radius 2 is 1.75 bits per heavy atom. The smallest absolute Gasteiger partial charge is 0.0695 e. The Bertz CT molecular complexity index is 296. The van der Waals surface area contributed by atoms with Crippen LogP contribution in [0.1, 0.15) is 72.1 Å². The Morgan fingerprint density at radius 1 is 1.10 bits per heavy atom. The minimum Gasteiger partial charge on any atom is -0.391 e. The number of rotatable bonds is 5. The molecule has 1 N–H and O–H groups in total. The third kappa shape index (κ3) is 3.76. The number of likely N-dealkylation sites (N-methyl/N-ethyl adjacent to an activating group) is 1. The summed E-state index contributed by atoms with van der Waals surface area (Å²) in [4.78, 5) is 2.48. The van der Waals surface area contributed by atoms with Gasteiger partial charge in [-0.2, -0.15) is 0 Å². The standard InChI is InChI=1S/C18H35NO/c1-5-18(2,3)15-10-11-17(20)16(12-15)19(4)13-14-8-6-7-9-14/h14-17,20H,5-13H2,1-4H3. The molecule has 0 bridgehead atoms. The van der Waals surface area contributed by atoms with Crippen LogP contribution in [0.4, 0.5) is 0 Å². The summed E-state index contributed by atoms with van der Waals surface area (Å²) >= 11 is 0. The molecule has 3 atom stereocenters. The third-order valence-corrected chi connectivity index (χ3v) is 6.38. The van der Waals surface area contributed by atoms with Crippen molar-refractivity contribution in [3.05, 3.63) is 0 Å². The van der Waals surface area contributed by atoms with Gasteiger partial charge < -0.3 is 10.0 Å². The molecule has 2 aliphatic rings. The van der Waals surface area contributed by atoms with Crippen molar-refractivity contribution in [2.45, 2.75) is 84.3 Å². The van der Waals surface area contributed by atoms with E-state index in [1.165, 1.54) is 51.5 Å². The van der Waals surface area contributed by atoms with E-state index in [2.05, 4.69) is 32.7 Å². The van der Waals surface area contributed by atoms with Crippen molar-refractivity contribution in [3.63, 3.8) is 0 Å². The van der Waals surface area contributed by atoms with Crippen LogP contribution in [-0.2, 0) is 0 Å². The van der Waals surface area contributed by atoms with E-state index >= 15 is 0 Å². The maximum absolute atomic E-state index is 10.4. The van der Waals surface area contributed by atoms with E-state index in [9.17, 15) is 5.11 Å². The molecule has 2 heteroatoms. The first-order valence-electron chi connectivity index (χ1n) is 8.82. The van der Waals surface area contributed by atoms with E-state index in [0.29, 0.717) is 11.5 Å². The average Bonchev–Trinajstić information content (AvgIpc) is 2.91. The van der Waals surface area contributed by atoms with Gasteiger partial charge in [0.25, 0.3) is 0 Å². The molecule has 3 unspecified atom stereocenters. The minimum atomic E-state index is -0.106. The molecule has 0 aliphatic heterocycles. The highest BCUT2D eigenvalue weighted by atomic mass is 16.3. The van der Waals surface area contributed by atoms with Gasteiger partial charge in [-0.15, -0.1) is 0 Å². The molecule has 2 fully saturated rings. The summed E-state index contributed by atoms with van der Waals surface area (Å²) in [6, 6.07) is 0.389. The van der Waals surface area contributed by atoms with E-state index in [1.807, 2.05) is 0 Å². The predicted octanol–water partition coefficient (Wildman–Crippen LogP) is 4.07. The lowest BCUT2D eigenvalue weighted by atomic mass is 9.67. The zero-order chi connectivity index (χ0) is 14.8. The van der Waals surface area contributed by atoms with Crippen LogP contribution >= 0.6 is 0 Å². The van der Waals surface area contributed by atoms with E-state index in [1.54, 1.807) is 0 Å². The van der Waals surface area contributed by atoms with Crippen LogP contribution in [0.3, 0.4) is 0 Å². The highest BCUT2D eigenvalue weighted by Gasteiger charge is 2.38. The molecule has 0 spiro atoms. The topological polar surface area (TPSA) is 23.5 Å². The molecule has 2 nitrogen and oxygen atoms in total. The quantitative estimate of drug-likeness (QED) is 0.821. The predicted molar refractivity (Wildman–Crippen MR) is 85.8 cm³/mol. The van der Waals surface area contributed by atoms with E-state index < -0.39 is 0 Å². The van der Waals surface area contributed by atoms with E-state index in [4.69, 9.17) is 0 Å². The maximum Gasteiger partial charge on any atom is 0.0695 e.